The fraction of sp³-hybridized carbons (Fsp3) is 0.562. The molecule has 0 bridgehead atoms. The fourth-order valence-electron chi connectivity index (χ4n) is 2.48. The molecular formula is C16H23NO2S. The summed E-state index contributed by atoms with van der Waals surface area (Å²) in [6.45, 7) is 3.83. The van der Waals surface area contributed by atoms with E-state index in [0.717, 1.165) is 36.6 Å². The van der Waals surface area contributed by atoms with Gasteiger partial charge in [0.2, 0.25) is 5.91 Å². The van der Waals surface area contributed by atoms with Crippen LogP contribution in [0.25, 0.3) is 0 Å². The first-order chi connectivity index (χ1) is 9.70. The van der Waals surface area contributed by atoms with Gasteiger partial charge < -0.3 is 9.64 Å². The number of hydrogen-bond acceptors (Lipinski definition) is 3. The summed E-state index contributed by atoms with van der Waals surface area (Å²) in [6.07, 6.45) is 4.78. The summed E-state index contributed by atoms with van der Waals surface area (Å²) in [4.78, 5) is 15.6. The molecule has 0 aliphatic carbocycles. The molecule has 1 saturated heterocycles. The maximum Gasteiger partial charge on any atom is 0.235 e. The minimum absolute atomic E-state index is 0.0415. The molecule has 3 nitrogen and oxygen atoms in total. The first-order valence-corrected chi connectivity index (χ1v) is 8.18. The van der Waals surface area contributed by atoms with Gasteiger partial charge in [-0.1, -0.05) is 18.9 Å². The van der Waals surface area contributed by atoms with Gasteiger partial charge in [-0.3, -0.25) is 4.79 Å². The average Bonchev–Trinajstić information content (AvgIpc) is 2.75. The summed E-state index contributed by atoms with van der Waals surface area (Å²) in [6, 6.07) is 7.89. The molecular weight excluding hydrogens is 270 g/mol. The fourth-order valence-corrected chi connectivity index (χ4v) is 3.48. The van der Waals surface area contributed by atoms with Crippen molar-refractivity contribution in [3.8, 4) is 5.75 Å². The number of ether oxygens (including phenoxy) is 1. The van der Waals surface area contributed by atoms with E-state index in [-0.39, 0.29) is 11.2 Å². The molecule has 1 atom stereocenters. The summed E-state index contributed by atoms with van der Waals surface area (Å²) < 4.78 is 5.22. The minimum atomic E-state index is -0.0415. The second kappa shape index (κ2) is 7.58. The average molecular weight is 293 g/mol. The summed E-state index contributed by atoms with van der Waals surface area (Å²) in [7, 11) is 1.66. The molecule has 1 amide bonds. The molecule has 0 N–H and O–H groups in total. The smallest absolute Gasteiger partial charge is 0.235 e. The number of likely N-dealkylation sites (tertiary alicyclic amines) is 1. The molecule has 4 heteroatoms. The number of hydrogen-bond donors (Lipinski definition) is 0. The van der Waals surface area contributed by atoms with Crippen LogP contribution in [0, 0.1) is 0 Å². The first kappa shape index (κ1) is 15.2. The van der Waals surface area contributed by atoms with Crippen LogP contribution in [0.15, 0.2) is 29.2 Å². The van der Waals surface area contributed by atoms with Crippen molar-refractivity contribution in [3.05, 3.63) is 24.3 Å². The Morgan fingerprint density at radius 3 is 2.60 bits per heavy atom. The maximum atomic E-state index is 12.5. The Kier molecular flexibility index (Phi) is 5.77. The van der Waals surface area contributed by atoms with Gasteiger partial charge in [-0.2, -0.15) is 0 Å². The molecule has 0 radical (unpaired) electrons. The molecule has 1 heterocycles. The van der Waals surface area contributed by atoms with Crippen molar-refractivity contribution in [1.82, 2.24) is 4.90 Å². The van der Waals surface area contributed by atoms with Crippen molar-refractivity contribution in [2.45, 2.75) is 42.8 Å². The number of carbonyl (C=O) groups is 1. The third-order valence-corrected chi connectivity index (χ3v) is 4.70. The topological polar surface area (TPSA) is 29.5 Å². The zero-order valence-corrected chi connectivity index (χ0v) is 13.1. The summed E-state index contributed by atoms with van der Waals surface area (Å²) in [5, 5.41) is -0.0415. The van der Waals surface area contributed by atoms with Gasteiger partial charge in [0.1, 0.15) is 5.75 Å². The molecule has 1 aliphatic heterocycles. The van der Waals surface area contributed by atoms with Crippen molar-refractivity contribution < 1.29 is 9.53 Å². The van der Waals surface area contributed by atoms with Gasteiger partial charge in [0, 0.05) is 18.0 Å². The van der Waals surface area contributed by atoms with E-state index in [1.54, 1.807) is 18.9 Å². The monoisotopic (exact) mass is 293 g/mol. The van der Waals surface area contributed by atoms with Gasteiger partial charge >= 0.3 is 0 Å². The zero-order chi connectivity index (χ0) is 14.4. The van der Waals surface area contributed by atoms with Crippen LogP contribution in [-0.2, 0) is 4.79 Å². The Morgan fingerprint density at radius 2 is 1.95 bits per heavy atom. The van der Waals surface area contributed by atoms with E-state index in [1.165, 1.54) is 12.8 Å². The van der Waals surface area contributed by atoms with Crippen LogP contribution in [-0.4, -0.2) is 36.3 Å². The molecule has 0 saturated carbocycles. The summed E-state index contributed by atoms with van der Waals surface area (Å²) in [5.41, 5.74) is 0. The Labute approximate surface area is 125 Å². The molecule has 2 rings (SSSR count). The predicted octanol–water partition coefficient (Wildman–Crippen LogP) is 3.58. The highest BCUT2D eigenvalue weighted by molar-refractivity contribution is 8.00. The SMILES string of the molecule is COc1cccc(SC(C)C(=O)N2CCCCCC2)c1. The van der Waals surface area contributed by atoms with Gasteiger partial charge in [0.05, 0.1) is 12.4 Å². The van der Waals surface area contributed by atoms with Crippen molar-refractivity contribution in [1.29, 1.82) is 0 Å². The van der Waals surface area contributed by atoms with E-state index in [0.29, 0.717) is 0 Å². The van der Waals surface area contributed by atoms with Crippen LogP contribution in [0.1, 0.15) is 32.6 Å². The van der Waals surface area contributed by atoms with Crippen molar-refractivity contribution in [2.75, 3.05) is 20.2 Å². The quantitative estimate of drug-likeness (QED) is 0.795. The molecule has 110 valence electrons. The molecule has 0 spiro atoms. The molecule has 1 aromatic carbocycles. The largest absolute Gasteiger partial charge is 0.497 e. The minimum Gasteiger partial charge on any atom is -0.497 e. The third kappa shape index (κ3) is 4.17. The Hall–Kier alpha value is -1.16. The Balaban J connectivity index is 1.95. The normalized spacial score (nSPS) is 17.4. The van der Waals surface area contributed by atoms with Crippen LogP contribution in [0.4, 0.5) is 0 Å². The van der Waals surface area contributed by atoms with E-state index in [4.69, 9.17) is 4.74 Å². The van der Waals surface area contributed by atoms with Crippen molar-refractivity contribution in [2.24, 2.45) is 0 Å². The van der Waals surface area contributed by atoms with Gasteiger partial charge in [-0.05, 0) is 38.0 Å². The zero-order valence-electron chi connectivity index (χ0n) is 12.3. The second-order valence-corrected chi connectivity index (χ2v) is 6.59. The van der Waals surface area contributed by atoms with E-state index in [1.807, 2.05) is 36.1 Å². The Bertz CT molecular complexity index is 442. The number of nitrogens with zero attached hydrogens (tertiary/aromatic N) is 1. The standard InChI is InChI=1S/C16H23NO2S/c1-13(16(18)17-10-5-3-4-6-11-17)20-15-9-7-8-14(12-15)19-2/h7-9,12-13H,3-6,10-11H2,1-2H3. The number of methoxy groups -OCH3 is 1. The van der Waals surface area contributed by atoms with E-state index < -0.39 is 0 Å². The lowest BCUT2D eigenvalue weighted by molar-refractivity contribution is -0.130. The number of benzene rings is 1. The second-order valence-electron chi connectivity index (χ2n) is 5.18. The number of carbonyl (C=O) groups excluding carboxylic acids is 1. The van der Waals surface area contributed by atoms with Crippen LogP contribution >= 0.6 is 11.8 Å². The molecule has 1 unspecified atom stereocenters. The molecule has 20 heavy (non-hydrogen) atoms. The number of thioether (sulfide) groups is 1. The van der Waals surface area contributed by atoms with Crippen molar-refractivity contribution in [3.63, 3.8) is 0 Å². The molecule has 0 aromatic heterocycles. The van der Waals surface area contributed by atoms with Gasteiger partial charge in [0.15, 0.2) is 0 Å². The molecule has 1 fully saturated rings. The van der Waals surface area contributed by atoms with E-state index in [9.17, 15) is 4.79 Å². The van der Waals surface area contributed by atoms with Gasteiger partial charge in [-0.15, -0.1) is 11.8 Å². The van der Waals surface area contributed by atoms with E-state index >= 15 is 0 Å². The van der Waals surface area contributed by atoms with Gasteiger partial charge in [-0.25, -0.2) is 0 Å². The summed E-state index contributed by atoms with van der Waals surface area (Å²) >= 11 is 1.61. The van der Waals surface area contributed by atoms with E-state index in [2.05, 4.69) is 0 Å². The highest BCUT2D eigenvalue weighted by Crippen LogP contribution is 2.28. The lowest BCUT2D eigenvalue weighted by Crippen LogP contribution is -2.37. The molecule has 1 aliphatic rings. The number of rotatable bonds is 4. The third-order valence-electron chi connectivity index (χ3n) is 3.62. The molecule has 1 aromatic rings. The maximum absolute atomic E-state index is 12.5. The Morgan fingerprint density at radius 1 is 1.25 bits per heavy atom. The highest BCUT2D eigenvalue weighted by atomic mass is 32.2. The number of amides is 1. The van der Waals surface area contributed by atoms with Crippen LogP contribution in [0.5, 0.6) is 5.75 Å². The lowest BCUT2D eigenvalue weighted by Gasteiger charge is -2.23. The predicted molar refractivity (Wildman–Crippen MR) is 83.4 cm³/mol. The summed E-state index contributed by atoms with van der Waals surface area (Å²) in [5.74, 6) is 1.10. The van der Waals surface area contributed by atoms with Crippen molar-refractivity contribution >= 4 is 17.7 Å². The lowest BCUT2D eigenvalue weighted by atomic mass is 10.2. The highest BCUT2D eigenvalue weighted by Gasteiger charge is 2.22. The van der Waals surface area contributed by atoms with Crippen LogP contribution in [0.2, 0.25) is 0 Å². The van der Waals surface area contributed by atoms with Crippen LogP contribution in [0.3, 0.4) is 0 Å². The van der Waals surface area contributed by atoms with Gasteiger partial charge in [0.25, 0.3) is 0 Å². The first-order valence-electron chi connectivity index (χ1n) is 7.30. The van der Waals surface area contributed by atoms with Crippen LogP contribution < -0.4 is 4.74 Å².